The molecule has 0 radical (unpaired) electrons. The van der Waals surface area contributed by atoms with Gasteiger partial charge in [-0.05, 0) is 25.7 Å². The summed E-state index contributed by atoms with van der Waals surface area (Å²) in [5.74, 6) is 0. The van der Waals surface area contributed by atoms with Crippen LogP contribution in [0.3, 0.4) is 0 Å². The monoisotopic (exact) mass is 286 g/mol. The Labute approximate surface area is 124 Å². The maximum atomic E-state index is 5.46. The maximum absolute atomic E-state index is 5.46. The van der Waals surface area contributed by atoms with E-state index in [0.717, 1.165) is 26.4 Å². The summed E-state index contributed by atoms with van der Waals surface area (Å²) in [6.07, 6.45) is 5.54. The van der Waals surface area contributed by atoms with Crippen LogP contribution in [0.15, 0.2) is 0 Å². The van der Waals surface area contributed by atoms with Gasteiger partial charge in [-0.3, -0.25) is 0 Å². The Balaban J connectivity index is 1.51. The van der Waals surface area contributed by atoms with Crippen LogP contribution in [0.2, 0.25) is 0 Å². The van der Waals surface area contributed by atoms with Gasteiger partial charge in [0.2, 0.25) is 0 Å². The molecule has 118 valence electrons. The van der Waals surface area contributed by atoms with Crippen molar-refractivity contribution in [3.8, 4) is 0 Å². The normalized spacial score (nSPS) is 25.5. The van der Waals surface area contributed by atoms with Gasteiger partial charge in [0.05, 0.1) is 53.6 Å². The quantitative estimate of drug-likeness (QED) is 0.522. The van der Waals surface area contributed by atoms with Crippen molar-refractivity contribution in [2.75, 3.05) is 79.8 Å². The van der Waals surface area contributed by atoms with Crippen LogP contribution >= 0.6 is 0 Å². The van der Waals surface area contributed by atoms with Crippen LogP contribution in [-0.2, 0) is 9.47 Å². The minimum atomic E-state index is 0.953. The molecule has 2 aliphatic rings. The van der Waals surface area contributed by atoms with Gasteiger partial charge in [0.25, 0.3) is 0 Å². The number of unbranched alkanes of at least 4 members (excludes halogenated alkanes) is 3. The molecule has 2 fully saturated rings. The second kappa shape index (κ2) is 7.74. The molecule has 2 heterocycles. The van der Waals surface area contributed by atoms with Gasteiger partial charge in [-0.25, -0.2) is 0 Å². The van der Waals surface area contributed by atoms with Gasteiger partial charge in [-0.15, -0.1) is 0 Å². The molecule has 20 heavy (non-hydrogen) atoms. The smallest absolute Gasteiger partial charge is 0.102 e. The lowest BCUT2D eigenvalue weighted by Crippen LogP contribution is -2.52. The molecular weight excluding hydrogens is 252 g/mol. The third-order valence-electron chi connectivity index (χ3n) is 5.25. The van der Waals surface area contributed by atoms with Gasteiger partial charge in [0.15, 0.2) is 0 Å². The number of rotatable bonds is 7. The Morgan fingerprint density at radius 1 is 0.600 bits per heavy atom. The highest BCUT2D eigenvalue weighted by molar-refractivity contribution is 4.51. The van der Waals surface area contributed by atoms with Crippen molar-refractivity contribution in [3.05, 3.63) is 0 Å². The zero-order valence-electron chi connectivity index (χ0n) is 13.6. The second-order valence-electron chi connectivity index (χ2n) is 7.22. The molecule has 0 aromatic heterocycles. The standard InChI is InChI=1S/C16H34N2O2/c1-17(9-13-19-14-10-17)7-5-3-4-6-8-18(2)11-15-20-16-12-18/h3-16H2,1-2H3/q+2. The first-order chi connectivity index (χ1) is 9.62. The molecule has 2 rings (SSSR count). The third kappa shape index (κ3) is 5.32. The van der Waals surface area contributed by atoms with E-state index in [1.165, 1.54) is 73.9 Å². The van der Waals surface area contributed by atoms with E-state index in [2.05, 4.69) is 14.1 Å². The third-order valence-corrected chi connectivity index (χ3v) is 5.25. The van der Waals surface area contributed by atoms with E-state index in [4.69, 9.17) is 9.47 Å². The van der Waals surface area contributed by atoms with E-state index in [1.807, 2.05) is 0 Å². The van der Waals surface area contributed by atoms with Crippen LogP contribution in [0.5, 0.6) is 0 Å². The van der Waals surface area contributed by atoms with Gasteiger partial charge < -0.3 is 18.4 Å². The molecular formula is C16H34N2O2+2. The Bertz CT molecular complexity index is 244. The first-order valence-corrected chi connectivity index (χ1v) is 8.45. The van der Waals surface area contributed by atoms with Crippen molar-refractivity contribution in [2.24, 2.45) is 0 Å². The average Bonchev–Trinajstić information content (AvgIpc) is 2.44. The SMILES string of the molecule is C[N+]1(CCCCCC[N+]2(C)CCOCC2)CCOCC1. The molecule has 2 saturated heterocycles. The number of hydrogen-bond acceptors (Lipinski definition) is 2. The summed E-state index contributed by atoms with van der Waals surface area (Å²) < 4.78 is 13.4. The van der Waals surface area contributed by atoms with E-state index in [0.29, 0.717) is 0 Å². The summed E-state index contributed by atoms with van der Waals surface area (Å²) in [7, 11) is 4.78. The second-order valence-corrected chi connectivity index (χ2v) is 7.22. The summed E-state index contributed by atoms with van der Waals surface area (Å²) in [6, 6.07) is 0. The van der Waals surface area contributed by atoms with Crippen molar-refractivity contribution in [3.63, 3.8) is 0 Å². The van der Waals surface area contributed by atoms with Crippen molar-refractivity contribution < 1.29 is 18.4 Å². The molecule has 0 unspecified atom stereocenters. The Hall–Kier alpha value is -0.160. The Kier molecular flexibility index (Phi) is 6.27. The number of morpholine rings is 2. The molecule has 2 aliphatic heterocycles. The molecule has 0 bridgehead atoms. The molecule has 0 N–H and O–H groups in total. The van der Waals surface area contributed by atoms with Crippen LogP contribution in [-0.4, -0.2) is 88.8 Å². The number of quaternary nitrogens is 2. The fourth-order valence-electron chi connectivity index (χ4n) is 3.36. The van der Waals surface area contributed by atoms with Crippen molar-refractivity contribution in [2.45, 2.75) is 25.7 Å². The lowest BCUT2D eigenvalue weighted by Gasteiger charge is -2.38. The number of likely N-dealkylation sites (N-methyl/N-ethyl adjacent to an activating group) is 2. The van der Waals surface area contributed by atoms with Crippen LogP contribution in [0.1, 0.15) is 25.7 Å². The van der Waals surface area contributed by atoms with Gasteiger partial charge in [-0.1, -0.05) is 0 Å². The number of ether oxygens (including phenoxy) is 2. The highest BCUT2D eigenvalue weighted by Gasteiger charge is 2.25. The minimum Gasteiger partial charge on any atom is -0.370 e. The lowest BCUT2D eigenvalue weighted by molar-refractivity contribution is -0.917. The molecule has 0 aromatic rings. The van der Waals surface area contributed by atoms with Crippen LogP contribution in [0, 0.1) is 0 Å². The summed E-state index contributed by atoms with van der Waals surface area (Å²) in [4.78, 5) is 0. The highest BCUT2D eigenvalue weighted by atomic mass is 16.5. The van der Waals surface area contributed by atoms with E-state index in [9.17, 15) is 0 Å². The minimum absolute atomic E-state index is 0.953. The molecule has 4 heteroatoms. The molecule has 0 amide bonds. The highest BCUT2D eigenvalue weighted by Crippen LogP contribution is 2.13. The first-order valence-electron chi connectivity index (χ1n) is 8.45. The Morgan fingerprint density at radius 3 is 1.30 bits per heavy atom. The van der Waals surface area contributed by atoms with Crippen molar-refractivity contribution in [1.29, 1.82) is 0 Å². The van der Waals surface area contributed by atoms with E-state index >= 15 is 0 Å². The molecule has 0 aromatic carbocycles. The fourth-order valence-corrected chi connectivity index (χ4v) is 3.36. The molecule has 0 atom stereocenters. The molecule has 0 aliphatic carbocycles. The van der Waals surface area contributed by atoms with Crippen LogP contribution < -0.4 is 0 Å². The molecule has 4 nitrogen and oxygen atoms in total. The van der Waals surface area contributed by atoms with Crippen molar-refractivity contribution in [1.82, 2.24) is 0 Å². The topological polar surface area (TPSA) is 18.5 Å². The summed E-state index contributed by atoms with van der Waals surface area (Å²) in [5.41, 5.74) is 0. The summed E-state index contributed by atoms with van der Waals surface area (Å²) in [6.45, 7) is 11.3. The largest absolute Gasteiger partial charge is 0.370 e. The summed E-state index contributed by atoms with van der Waals surface area (Å²) >= 11 is 0. The van der Waals surface area contributed by atoms with Crippen molar-refractivity contribution >= 4 is 0 Å². The number of hydrogen-bond donors (Lipinski definition) is 0. The fraction of sp³-hybridized carbons (Fsp3) is 1.00. The predicted molar refractivity (Wildman–Crippen MR) is 81.7 cm³/mol. The Morgan fingerprint density at radius 2 is 0.950 bits per heavy atom. The zero-order chi connectivity index (χ0) is 14.3. The average molecular weight is 286 g/mol. The van der Waals surface area contributed by atoms with Gasteiger partial charge in [0, 0.05) is 0 Å². The van der Waals surface area contributed by atoms with E-state index in [-0.39, 0.29) is 0 Å². The summed E-state index contributed by atoms with van der Waals surface area (Å²) in [5, 5.41) is 0. The maximum Gasteiger partial charge on any atom is 0.102 e. The zero-order valence-corrected chi connectivity index (χ0v) is 13.6. The lowest BCUT2D eigenvalue weighted by atomic mass is 10.1. The van der Waals surface area contributed by atoms with Crippen LogP contribution in [0.25, 0.3) is 0 Å². The number of nitrogens with zero attached hydrogens (tertiary/aromatic N) is 2. The van der Waals surface area contributed by atoms with E-state index in [1.54, 1.807) is 0 Å². The predicted octanol–water partition coefficient (Wildman–Crippen LogP) is 1.50. The van der Waals surface area contributed by atoms with Gasteiger partial charge in [0.1, 0.15) is 26.2 Å². The molecule has 0 saturated carbocycles. The van der Waals surface area contributed by atoms with E-state index < -0.39 is 0 Å². The van der Waals surface area contributed by atoms with Gasteiger partial charge in [-0.2, -0.15) is 0 Å². The van der Waals surface area contributed by atoms with Gasteiger partial charge >= 0.3 is 0 Å². The molecule has 0 spiro atoms. The first kappa shape index (κ1) is 16.2. The van der Waals surface area contributed by atoms with Crippen LogP contribution in [0.4, 0.5) is 0 Å².